The van der Waals surface area contributed by atoms with Gasteiger partial charge in [-0.15, -0.1) is 0 Å². The Balaban J connectivity index is -0.000000122. The van der Waals surface area contributed by atoms with Crippen molar-refractivity contribution in [2.75, 3.05) is 13.2 Å². The fourth-order valence-electron chi connectivity index (χ4n) is 0.682. The molecule has 0 fully saturated rings. The molecule has 0 rings (SSSR count). The van der Waals surface area contributed by atoms with Crippen molar-refractivity contribution in [2.45, 2.75) is 39.5 Å². The smallest absolute Gasteiger partial charge is 0.304 e. The summed E-state index contributed by atoms with van der Waals surface area (Å²) in [5, 5.41) is 0. The van der Waals surface area contributed by atoms with Crippen LogP contribution in [0.5, 0.6) is 0 Å². The normalized spacial score (nSPS) is 8.33. The highest BCUT2D eigenvalue weighted by atomic mass is 19.3. The Labute approximate surface area is 140 Å². The van der Waals surface area contributed by atoms with Gasteiger partial charge in [-0.2, -0.15) is 17.6 Å². The zero-order valence-electron chi connectivity index (χ0n) is 14.1. The van der Waals surface area contributed by atoms with Crippen LogP contribution < -0.4 is 0 Å². The van der Waals surface area contributed by atoms with Crippen molar-refractivity contribution in [1.82, 2.24) is 0 Å². The highest BCUT2D eigenvalue weighted by Gasteiger charge is 1.86. The minimum Gasteiger partial charge on any atom is -0.499 e. The molecular formula is C16H26F6O2. The molecule has 24 heavy (non-hydrogen) atoms. The lowest BCUT2D eigenvalue weighted by Crippen LogP contribution is -1.84. The summed E-state index contributed by atoms with van der Waals surface area (Å²) in [6.45, 7) is 9.95. The van der Waals surface area contributed by atoms with Gasteiger partial charge in [0.2, 0.25) is 0 Å². The van der Waals surface area contributed by atoms with E-state index in [1.165, 1.54) is 0 Å². The first-order valence-electron chi connectivity index (χ1n) is 7.04. The van der Waals surface area contributed by atoms with Crippen LogP contribution in [0.2, 0.25) is 0 Å². The molecule has 0 aromatic rings. The molecule has 0 atom stereocenters. The molecule has 0 aromatic heterocycles. The highest BCUT2D eigenvalue weighted by Crippen LogP contribution is 1.97. The third-order valence-electron chi connectivity index (χ3n) is 1.55. The Morgan fingerprint density at radius 1 is 0.917 bits per heavy atom. The second kappa shape index (κ2) is 32.9. The van der Waals surface area contributed by atoms with Crippen molar-refractivity contribution >= 4 is 0 Å². The predicted octanol–water partition coefficient (Wildman–Crippen LogP) is 7.28. The Morgan fingerprint density at radius 3 is 1.58 bits per heavy atom. The van der Waals surface area contributed by atoms with Gasteiger partial charge in [0.05, 0.1) is 19.5 Å². The Bertz CT molecular complexity index is 299. The molecule has 0 saturated heterocycles. The first-order valence-corrected chi connectivity index (χ1v) is 7.04. The zero-order valence-corrected chi connectivity index (χ0v) is 14.1. The minimum absolute atomic E-state index is 0.250. The predicted molar refractivity (Wildman–Crippen MR) is 84.9 cm³/mol. The monoisotopic (exact) mass is 364 g/mol. The van der Waals surface area contributed by atoms with Gasteiger partial charge in [0.25, 0.3) is 6.08 Å². The van der Waals surface area contributed by atoms with E-state index in [2.05, 4.69) is 29.6 Å². The first kappa shape index (κ1) is 30.1. The Morgan fingerprint density at radius 2 is 1.29 bits per heavy atom. The molecule has 0 aliphatic carbocycles. The molecule has 0 heterocycles. The summed E-state index contributed by atoms with van der Waals surface area (Å²) in [5.74, 6) is 0. The van der Waals surface area contributed by atoms with E-state index in [9.17, 15) is 26.3 Å². The lowest BCUT2D eigenvalue weighted by Gasteiger charge is -1.94. The van der Waals surface area contributed by atoms with E-state index in [0.717, 1.165) is 31.9 Å². The fourth-order valence-corrected chi connectivity index (χ4v) is 0.682. The Kier molecular flexibility index (Phi) is 41.2. The van der Waals surface area contributed by atoms with Gasteiger partial charge >= 0.3 is 6.08 Å². The van der Waals surface area contributed by atoms with Crippen molar-refractivity contribution in [3.05, 3.63) is 50.5 Å². The molecule has 0 aliphatic heterocycles. The van der Waals surface area contributed by atoms with Gasteiger partial charge in [0.15, 0.2) is 0 Å². The number of ether oxygens (including phenoxy) is 2. The molecule has 0 amide bonds. The van der Waals surface area contributed by atoms with Crippen LogP contribution in [0.4, 0.5) is 26.3 Å². The fraction of sp³-hybridized carbons (Fsp3) is 0.500. The Hall–Kier alpha value is -1.86. The van der Waals surface area contributed by atoms with Gasteiger partial charge < -0.3 is 9.47 Å². The summed E-state index contributed by atoms with van der Waals surface area (Å²) in [6.07, 6.45) is 2.45. The number of unbranched alkanes of at least 4 members (excludes halogenated alkanes) is 2. The standard InChI is InChI=1S/C6H10F2O.C6H11FO.C2H2F2.C2H3F/c1-2-3-4-9-5-6(7)8;1-2-3-5-8-6-4-7;1-2(3)4;1-2-3/h5H,2-4H2,1H3;4,6H,2-3,5H2,1H3;1H2;2H,1H2. The molecule has 0 aromatic carbocycles. The third kappa shape index (κ3) is 88.3. The van der Waals surface area contributed by atoms with Crippen molar-refractivity contribution in [1.29, 1.82) is 0 Å². The van der Waals surface area contributed by atoms with Gasteiger partial charge in [-0.3, -0.25) is 0 Å². The lowest BCUT2D eigenvalue weighted by atomic mass is 10.4. The molecule has 0 aliphatic rings. The van der Waals surface area contributed by atoms with Crippen LogP contribution in [0, 0.1) is 0 Å². The summed E-state index contributed by atoms with van der Waals surface area (Å²) < 4.78 is 72.9. The zero-order chi connectivity index (χ0) is 19.6. The van der Waals surface area contributed by atoms with E-state index in [0.29, 0.717) is 25.8 Å². The van der Waals surface area contributed by atoms with Crippen molar-refractivity contribution in [3.8, 4) is 0 Å². The quantitative estimate of drug-likeness (QED) is 0.256. The van der Waals surface area contributed by atoms with Crippen molar-refractivity contribution in [2.24, 2.45) is 0 Å². The van der Waals surface area contributed by atoms with Crippen LogP contribution in [0.3, 0.4) is 0 Å². The van der Waals surface area contributed by atoms with E-state index in [1.807, 2.05) is 6.92 Å². The molecule has 8 heteroatoms. The van der Waals surface area contributed by atoms with E-state index in [4.69, 9.17) is 0 Å². The van der Waals surface area contributed by atoms with E-state index in [1.54, 1.807) is 0 Å². The molecule has 0 unspecified atom stereocenters. The van der Waals surface area contributed by atoms with Crippen LogP contribution in [0.25, 0.3) is 0 Å². The minimum atomic E-state index is -1.83. The van der Waals surface area contributed by atoms with E-state index < -0.39 is 12.2 Å². The van der Waals surface area contributed by atoms with Gasteiger partial charge in [-0.25, -0.2) is 8.78 Å². The third-order valence-corrected chi connectivity index (χ3v) is 1.55. The summed E-state index contributed by atoms with van der Waals surface area (Å²) in [7, 11) is 0. The number of hydrogen-bond donors (Lipinski definition) is 0. The molecular weight excluding hydrogens is 338 g/mol. The van der Waals surface area contributed by atoms with E-state index in [-0.39, 0.29) is 6.33 Å². The van der Waals surface area contributed by atoms with Crippen LogP contribution in [0.1, 0.15) is 39.5 Å². The van der Waals surface area contributed by atoms with Crippen LogP contribution >= 0.6 is 0 Å². The second-order valence-corrected chi connectivity index (χ2v) is 3.61. The van der Waals surface area contributed by atoms with E-state index >= 15 is 0 Å². The van der Waals surface area contributed by atoms with Crippen molar-refractivity contribution < 1.29 is 35.8 Å². The number of hydrogen-bond acceptors (Lipinski definition) is 2. The van der Waals surface area contributed by atoms with Crippen LogP contribution in [-0.4, -0.2) is 13.2 Å². The molecule has 0 N–H and O–H groups in total. The number of rotatable bonds is 8. The average molecular weight is 364 g/mol. The largest absolute Gasteiger partial charge is 0.499 e. The summed E-state index contributed by atoms with van der Waals surface area (Å²) >= 11 is 0. The first-order chi connectivity index (χ1) is 11.3. The van der Waals surface area contributed by atoms with Crippen LogP contribution in [0.15, 0.2) is 50.5 Å². The second-order valence-electron chi connectivity index (χ2n) is 3.61. The number of halogens is 6. The molecule has 2 nitrogen and oxygen atoms in total. The van der Waals surface area contributed by atoms with Crippen LogP contribution in [-0.2, 0) is 9.47 Å². The summed E-state index contributed by atoms with van der Waals surface area (Å²) in [6, 6.07) is 0. The lowest BCUT2D eigenvalue weighted by molar-refractivity contribution is 0.220. The molecule has 0 bridgehead atoms. The maximum absolute atomic E-state index is 11.2. The highest BCUT2D eigenvalue weighted by molar-refractivity contribution is 4.69. The SMILES string of the molecule is C=C(F)F.C=CF.CCCCOC=C(F)F.CCCCOC=CF. The summed E-state index contributed by atoms with van der Waals surface area (Å²) in [4.78, 5) is 0. The maximum atomic E-state index is 11.2. The summed E-state index contributed by atoms with van der Waals surface area (Å²) in [5.41, 5.74) is 0. The van der Waals surface area contributed by atoms with Crippen molar-refractivity contribution in [3.63, 3.8) is 0 Å². The van der Waals surface area contributed by atoms with Gasteiger partial charge in [-0.05, 0) is 19.4 Å². The van der Waals surface area contributed by atoms with Gasteiger partial charge in [-0.1, -0.05) is 33.3 Å². The average Bonchev–Trinajstić information content (AvgIpc) is 2.49. The topological polar surface area (TPSA) is 18.5 Å². The molecule has 0 spiro atoms. The van der Waals surface area contributed by atoms with Gasteiger partial charge in [0, 0.05) is 0 Å². The molecule has 0 radical (unpaired) electrons. The molecule has 0 saturated carbocycles. The maximum Gasteiger partial charge on any atom is 0.304 e. The molecule has 144 valence electrons. The van der Waals surface area contributed by atoms with Gasteiger partial charge in [0.1, 0.15) is 18.9 Å².